The lowest BCUT2D eigenvalue weighted by atomic mass is 10.1. The molecule has 0 aromatic heterocycles. The van der Waals surface area contributed by atoms with Gasteiger partial charge in [0.2, 0.25) is 5.91 Å². The van der Waals surface area contributed by atoms with Crippen LogP contribution >= 0.6 is 11.6 Å². The van der Waals surface area contributed by atoms with E-state index < -0.39 is 0 Å². The van der Waals surface area contributed by atoms with Crippen LogP contribution in [-0.4, -0.2) is 43.4 Å². The smallest absolute Gasteiger partial charge is 0.223 e. The molecule has 1 rings (SSSR count). The van der Waals surface area contributed by atoms with Crippen molar-refractivity contribution in [1.82, 2.24) is 4.90 Å². The van der Waals surface area contributed by atoms with Gasteiger partial charge >= 0.3 is 0 Å². The maximum Gasteiger partial charge on any atom is 0.223 e. The minimum Gasteiger partial charge on any atom is -0.351 e. The van der Waals surface area contributed by atoms with Gasteiger partial charge in [-0.15, -0.1) is 0 Å². The lowest BCUT2D eigenvalue weighted by Crippen LogP contribution is -2.39. The minimum absolute atomic E-state index is 0.113. The van der Waals surface area contributed by atoms with Crippen LogP contribution in [0, 0.1) is 0 Å². The number of hydrogen-bond donors (Lipinski definition) is 0. The first-order chi connectivity index (χ1) is 10.6. The number of carbonyl (C=O) groups is 1. The molecular formula is C17H26ClNO3. The number of halogens is 1. The molecule has 1 aromatic rings. The highest BCUT2D eigenvalue weighted by molar-refractivity contribution is 6.30. The Kier molecular flexibility index (Phi) is 9.13. The predicted octanol–water partition coefficient (Wildman–Crippen LogP) is 3.52. The molecule has 1 amide bonds. The third-order valence-corrected chi connectivity index (χ3v) is 3.60. The average molecular weight is 328 g/mol. The van der Waals surface area contributed by atoms with Crippen molar-refractivity contribution >= 4 is 17.5 Å². The Hall–Kier alpha value is -1.10. The Labute approximate surface area is 138 Å². The Morgan fingerprint density at radius 2 is 1.73 bits per heavy atom. The molecule has 22 heavy (non-hydrogen) atoms. The fourth-order valence-corrected chi connectivity index (χ4v) is 2.30. The third-order valence-electron chi connectivity index (χ3n) is 3.35. The van der Waals surface area contributed by atoms with Gasteiger partial charge in [-0.05, 0) is 44.9 Å². The summed E-state index contributed by atoms with van der Waals surface area (Å²) in [4.78, 5) is 14.1. The molecule has 0 saturated carbocycles. The first kappa shape index (κ1) is 18.9. The lowest BCUT2D eigenvalue weighted by Gasteiger charge is -2.26. The summed E-state index contributed by atoms with van der Waals surface area (Å²) in [6.07, 6.45) is 0.829. The van der Waals surface area contributed by atoms with Crippen molar-refractivity contribution in [3.8, 4) is 0 Å². The van der Waals surface area contributed by atoms with Gasteiger partial charge in [0, 0.05) is 31.2 Å². The molecule has 0 unspecified atom stereocenters. The zero-order valence-electron chi connectivity index (χ0n) is 13.7. The second kappa shape index (κ2) is 10.6. The van der Waals surface area contributed by atoms with E-state index in [0.29, 0.717) is 44.2 Å². The number of carbonyl (C=O) groups excluding carboxylic acids is 1. The van der Waals surface area contributed by atoms with E-state index in [9.17, 15) is 4.79 Å². The fraction of sp³-hybridized carbons (Fsp3) is 0.588. The molecule has 0 spiro atoms. The topological polar surface area (TPSA) is 38.8 Å². The summed E-state index contributed by atoms with van der Waals surface area (Å²) in [5, 5.41) is 0.710. The first-order valence-corrected chi connectivity index (χ1v) is 8.23. The van der Waals surface area contributed by atoms with Gasteiger partial charge in [0.05, 0.1) is 6.54 Å². The monoisotopic (exact) mass is 327 g/mol. The number of amides is 1. The van der Waals surface area contributed by atoms with E-state index in [1.807, 2.05) is 45.0 Å². The van der Waals surface area contributed by atoms with E-state index in [0.717, 1.165) is 5.56 Å². The van der Waals surface area contributed by atoms with Gasteiger partial charge in [0.15, 0.2) is 6.29 Å². The highest BCUT2D eigenvalue weighted by Gasteiger charge is 2.18. The van der Waals surface area contributed by atoms with Crippen LogP contribution in [-0.2, 0) is 20.7 Å². The normalized spacial score (nSPS) is 11.0. The summed E-state index contributed by atoms with van der Waals surface area (Å²) in [6.45, 7) is 8.07. The van der Waals surface area contributed by atoms with E-state index in [2.05, 4.69) is 0 Å². The van der Waals surface area contributed by atoms with Crippen LogP contribution in [0.15, 0.2) is 24.3 Å². The zero-order chi connectivity index (χ0) is 16.4. The molecule has 0 aliphatic rings. The van der Waals surface area contributed by atoms with E-state index in [1.165, 1.54) is 0 Å². The maximum absolute atomic E-state index is 12.3. The van der Waals surface area contributed by atoms with Crippen LogP contribution in [0.2, 0.25) is 5.02 Å². The molecule has 0 atom stereocenters. The van der Waals surface area contributed by atoms with Crippen molar-refractivity contribution in [2.75, 3.05) is 26.3 Å². The molecule has 0 fully saturated rings. The zero-order valence-corrected chi connectivity index (χ0v) is 14.4. The quantitative estimate of drug-likeness (QED) is 0.617. The molecule has 0 aliphatic heterocycles. The molecular weight excluding hydrogens is 302 g/mol. The second-order valence-electron chi connectivity index (χ2n) is 4.90. The second-order valence-corrected chi connectivity index (χ2v) is 5.34. The van der Waals surface area contributed by atoms with E-state index in [4.69, 9.17) is 21.1 Å². The summed E-state index contributed by atoms with van der Waals surface area (Å²) in [5.74, 6) is 0.113. The molecule has 4 nitrogen and oxygen atoms in total. The summed E-state index contributed by atoms with van der Waals surface area (Å²) in [5.41, 5.74) is 1.11. The highest BCUT2D eigenvalue weighted by Crippen LogP contribution is 2.12. The van der Waals surface area contributed by atoms with Crippen molar-refractivity contribution < 1.29 is 14.3 Å². The molecule has 0 heterocycles. The number of nitrogens with zero attached hydrogens (tertiary/aromatic N) is 1. The summed E-state index contributed by atoms with van der Waals surface area (Å²) < 4.78 is 11.0. The van der Waals surface area contributed by atoms with Gasteiger partial charge in [-0.3, -0.25) is 4.79 Å². The standard InChI is InChI=1S/C17H26ClNO3/c1-4-19(13-17(21-5-2)22-6-3)16(20)12-9-14-7-10-15(18)11-8-14/h7-8,10-11,17H,4-6,9,12-13H2,1-3H3. The van der Waals surface area contributed by atoms with Gasteiger partial charge in [-0.25, -0.2) is 0 Å². The Bertz CT molecular complexity index is 430. The van der Waals surface area contributed by atoms with E-state index in [-0.39, 0.29) is 12.2 Å². The number of aryl methyl sites for hydroxylation is 1. The Morgan fingerprint density at radius 1 is 1.14 bits per heavy atom. The Morgan fingerprint density at radius 3 is 2.23 bits per heavy atom. The predicted molar refractivity (Wildman–Crippen MR) is 89.1 cm³/mol. The van der Waals surface area contributed by atoms with Crippen molar-refractivity contribution in [2.24, 2.45) is 0 Å². The van der Waals surface area contributed by atoms with Gasteiger partial charge in [0.1, 0.15) is 0 Å². The van der Waals surface area contributed by atoms with Crippen LogP contribution in [0.3, 0.4) is 0 Å². The lowest BCUT2D eigenvalue weighted by molar-refractivity contribution is -0.158. The van der Waals surface area contributed by atoms with Crippen LogP contribution < -0.4 is 0 Å². The van der Waals surface area contributed by atoms with Crippen LogP contribution in [0.25, 0.3) is 0 Å². The number of likely N-dealkylation sites (N-methyl/N-ethyl adjacent to an activating group) is 1. The van der Waals surface area contributed by atoms with E-state index in [1.54, 1.807) is 4.90 Å². The van der Waals surface area contributed by atoms with Crippen molar-refractivity contribution in [3.63, 3.8) is 0 Å². The minimum atomic E-state index is -0.352. The van der Waals surface area contributed by atoms with Crippen LogP contribution in [0.1, 0.15) is 32.8 Å². The third kappa shape index (κ3) is 6.77. The molecule has 0 bridgehead atoms. The van der Waals surface area contributed by atoms with E-state index >= 15 is 0 Å². The molecule has 5 heteroatoms. The average Bonchev–Trinajstić information content (AvgIpc) is 2.52. The summed E-state index contributed by atoms with van der Waals surface area (Å²) >= 11 is 5.86. The number of hydrogen-bond acceptors (Lipinski definition) is 3. The molecule has 1 aromatic carbocycles. The highest BCUT2D eigenvalue weighted by atomic mass is 35.5. The number of rotatable bonds is 10. The Balaban J connectivity index is 2.50. The van der Waals surface area contributed by atoms with Crippen molar-refractivity contribution in [2.45, 2.75) is 39.9 Å². The maximum atomic E-state index is 12.3. The molecule has 0 N–H and O–H groups in total. The van der Waals surface area contributed by atoms with Crippen molar-refractivity contribution in [3.05, 3.63) is 34.9 Å². The number of ether oxygens (including phenoxy) is 2. The SMILES string of the molecule is CCOC(CN(CC)C(=O)CCc1ccc(Cl)cc1)OCC. The first-order valence-electron chi connectivity index (χ1n) is 7.86. The molecule has 124 valence electrons. The molecule has 0 radical (unpaired) electrons. The van der Waals surface area contributed by atoms with Gasteiger partial charge in [-0.1, -0.05) is 23.7 Å². The molecule has 0 aliphatic carbocycles. The van der Waals surface area contributed by atoms with Crippen LogP contribution in [0.4, 0.5) is 0 Å². The van der Waals surface area contributed by atoms with Crippen molar-refractivity contribution in [1.29, 1.82) is 0 Å². The summed E-state index contributed by atoms with van der Waals surface area (Å²) in [6, 6.07) is 7.60. The van der Waals surface area contributed by atoms with Crippen LogP contribution in [0.5, 0.6) is 0 Å². The largest absolute Gasteiger partial charge is 0.351 e. The number of benzene rings is 1. The van der Waals surface area contributed by atoms with Gasteiger partial charge in [-0.2, -0.15) is 0 Å². The van der Waals surface area contributed by atoms with Gasteiger partial charge in [0.25, 0.3) is 0 Å². The molecule has 0 saturated heterocycles. The fourth-order valence-electron chi connectivity index (χ4n) is 2.17. The van der Waals surface area contributed by atoms with Gasteiger partial charge < -0.3 is 14.4 Å². The summed E-state index contributed by atoms with van der Waals surface area (Å²) in [7, 11) is 0.